The second-order valence-electron chi connectivity index (χ2n) is 8.85. The first kappa shape index (κ1) is 19.7. The van der Waals surface area contributed by atoms with Crippen molar-refractivity contribution in [3.05, 3.63) is 29.8 Å². The Bertz CT molecular complexity index is 893. The summed E-state index contributed by atoms with van der Waals surface area (Å²) >= 11 is 0. The summed E-state index contributed by atoms with van der Waals surface area (Å²) in [6, 6.07) is 5.61. The van der Waals surface area contributed by atoms with Gasteiger partial charge >= 0.3 is 0 Å². The molecule has 1 saturated heterocycles. The van der Waals surface area contributed by atoms with Crippen LogP contribution in [0.5, 0.6) is 5.75 Å². The first-order chi connectivity index (χ1) is 13.7. The van der Waals surface area contributed by atoms with Gasteiger partial charge in [0.2, 0.25) is 17.7 Å². The van der Waals surface area contributed by atoms with Crippen LogP contribution >= 0.6 is 0 Å². The Morgan fingerprint density at radius 1 is 1.14 bits per heavy atom. The Kier molecular flexibility index (Phi) is 4.75. The van der Waals surface area contributed by atoms with Crippen LogP contribution in [0.4, 0.5) is 5.69 Å². The highest BCUT2D eigenvalue weighted by Gasteiger charge is 2.49. The van der Waals surface area contributed by atoms with Gasteiger partial charge in [-0.25, -0.2) is 0 Å². The van der Waals surface area contributed by atoms with Gasteiger partial charge in [-0.15, -0.1) is 0 Å². The fourth-order valence-corrected chi connectivity index (χ4v) is 5.18. The largest absolute Gasteiger partial charge is 0.497 e. The van der Waals surface area contributed by atoms with Gasteiger partial charge in [0.25, 0.3) is 0 Å². The molecule has 0 bridgehead atoms. The number of hydrogen-bond acceptors (Lipinski definition) is 4. The van der Waals surface area contributed by atoms with Gasteiger partial charge in [-0.1, -0.05) is 18.9 Å². The van der Waals surface area contributed by atoms with E-state index in [1.165, 1.54) is 4.90 Å². The number of anilines is 1. The Morgan fingerprint density at radius 2 is 1.76 bits per heavy atom. The van der Waals surface area contributed by atoms with E-state index in [2.05, 4.69) is 0 Å². The van der Waals surface area contributed by atoms with E-state index >= 15 is 0 Å². The summed E-state index contributed by atoms with van der Waals surface area (Å²) in [6.45, 7) is 5.75. The summed E-state index contributed by atoms with van der Waals surface area (Å²) < 4.78 is 5.34. The molecule has 0 unspecified atom stereocenters. The molecule has 1 aromatic rings. The zero-order chi connectivity index (χ0) is 20.9. The molecular formula is C23H28N2O4. The molecule has 29 heavy (non-hydrogen) atoms. The molecular weight excluding hydrogens is 368 g/mol. The first-order valence-electron chi connectivity index (χ1n) is 10.3. The minimum absolute atomic E-state index is 0.176. The molecule has 2 heterocycles. The standard InChI is InChI=1S/C23H28N2O4/c1-14-12-23(2,3)25(19-10-9-15(29-4)11-18(14)19)20(26)13-24-21(27)16-7-5-6-8-17(16)22(24)28/h9-12,16-17H,5-8,13H2,1-4H3/t16-,17-/m0/s1. The minimum atomic E-state index is -0.568. The van der Waals surface area contributed by atoms with Crippen LogP contribution in [0, 0.1) is 11.8 Å². The van der Waals surface area contributed by atoms with Crippen molar-refractivity contribution in [2.75, 3.05) is 18.6 Å². The van der Waals surface area contributed by atoms with Gasteiger partial charge in [-0.3, -0.25) is 19.3 Å². The zero-order valence-corrected chi connectivity index (χ0v) is 17.5. The van der Waals surface area contributed by atoms with E-state index in [0.717, 1.165) is 48.3 Å². The van der Waals surface area contributed by atoms with Gasteiger partial charge < -0.3 is 9.64 Å². The Labute approximate surface area is 171 Å². The maximum atomic E-state index is 13.4. The van der Waals surface area contributed by atoms with E-state index in [1.807, 2.05) is 45.0 Å². The van der Waals surface area contributed by atoms with Crippen molar-refractivity contribution in [1.29, 1.82) is 0 Å². The van der Waals surface area contributed by atoms with Crippen LogP contribution in [0.3, 0.4) is 0 Å². The summed E-state index contributed by atoms with van der Waals surface area (Å²) in [5.41, 5.74) is 2.19. The quantitative estimate of drug-likeness (QED) is 0.735. The van der Waals surface area contributed by atoms with Crippen molar-refractivity contribution in [2.24, 2.45) is 11.8 Å². The first-order valence-corrected chi connectivity index (χ1v) is 10.3. The maximum absolute atomic E-state index is 13.4. The van der Waals surface area contributed by atoms with Crippen molar-refractivity contribution < 1.29 is 19.1 Å². The Morgan fingerprint density at radius 3 is 2.34 bits per heavy atom. The van der Waals surface area contributed by atoms with E-state index in [-0.39, 0.29) is 36.1 Å². The molecule has 3 aliphatic rings. The number of carbonyl (C=O) groups is 3. The number of ether oxygens (including phenoxy) is 1. The van der Waals surface area contributed by atoms with Crippen LogP contribution in [-0.2, 0) is 14.4 Å². The summed E-state index contributed by atoms with van der Waals surface area (Å²) in [5, 5.41) is 0. The molecule has 4 rings (SSSR count). The van der Waals surface area contributed by atoms with Gasteiger partial charge in [-0.2, -0.15) is 0 Å². The number of fused-ring (bicyclic) bond motifs is 2. The third kappa shape index (κ3) is 3.15. The number of nitrogens with zero attached hydrogens (tertiary/aromatic N) is 2. The number of amides is 3. The predicted molar refractivity (Wildman–Crippen MR) is 110 cm³/mol. The third-order valence-electron chi connectivity index (χ3n) is 6.49. The number of methoxy groups -OCH3 is 1. The molecule has 6 heteroatoms. The monoisotopic (exact) mass is 396 g/mol. The number of allylic oxidation sites excluding steroid dienone is 1. The Balaban J connectivity index is 1.65. The van der Waals surface area contributed by atoms with Crippen LogP contribution in [0.2, 0.25) is 0 Å². The summed E-state index contributed by atoms with van der Waals surface area (Å²) in [6.07, 6.45) is 5.49. The topological polar surface area (TPSA) is 66.9 Å². The van der Waals surface area contributed by atoms with E-state index in [4.69, 9.17) is 4.74 Å². The van der Waals surface area contributed by atoms with Gasteiger partial charge in [-0.05, 0) is 57.4 Å². The predicted octanol–water partition coefficient (Wildman–Crippen LogP) is 3.40. The molecule has 0 N–H and O–H groups in total. The van der Waals surface area contributed by atoms with Crippen molar-refractivity contribution in [3.63, 3.8) is 0 Å². The molecule has 2 atom stereocenters. The van der Waals surface area contributed by atoms with E-state index < -0.39 is 5.54 Å². The molecule has 2 aliphatic heterocycles. The highest BCUT2D eigenvalue weighted by atomic mass is 16.5. The number of rotatable bonds is 3. The maximum Gasteiger partial charge on any atom is 0.247 e. The lowest BCUT2D eigenvalue weighted by Crippen LogP contribution is -2.53. The van der Waals surface area contributed by atoms with Crippen LogP contribution < -0.4 is 9.64 Å². The minimum Gasteiger partial charge on any atom is -0.497 e. The van der Waals surface area contributed by atoms with Crippen molar-refractivity contribution in [2.45, 2.75) is 52.0 Å². The van der Waals surface area contributed by atoms with Crippen LogP contribution in [0.15, 0.2) is 24.3 Å². The van der Waals surface area contributed by atoms with Crippen LogP contribution in [0.1, 0.15) is 52.0 Å². The molecule has 1 aromatic carbocycles. The van der Waals surface area contributed by atoms with Gasteiger partial charge in [0.1, 0.15) is 12.3 Å². The average Bonchev–Trinajstić information content (AvgIpc) is 2.92. The van der Waals surface area contributed by atoms with Gasteiger partial charge in [0, 0.05) is 5.56 Å². The smallest absolute Gasteiger partial charge is 0.247 e. The molecule has 1 saturated carbocycles. The molecule has 2 fully saturated rings. The normalized spacial score (nSPS) is 25.4. The van der Waals surface area contributed by atoms with E-state index in [1.54, 1.807) is 12.0 Å². The van der Waals surface area contributed by atoms with Gasteiger partial charge in [0.05, 0.1) is 30.2 Å². The average molecular weight is 396 g/mol. The second-order valence-corrected chi connectivity index (χ2v) is 8.85. The Hall–Kier alpha value is -2.63. The molecule has 0 aromatic heterocycles. The van der Waals surface area contributed by atoms with E-state index in [9.17, 15) is 14.4 Å². The van der Waals surface area contributed by atoms with E-state index in [0.29, 0.717) is 0 Å². The van der Waals surface area contributed by atoms with Crippen LogP contribution in [0.25, 0.3) is 5.57 Å². The van der Waals surface area contributed by atoms with Crippen molar-refractivity contribution in [1.82, 2.24) is 4.90 Å². The number of hydrogen-bond donors (Lipinski definition) is 0. The summed E-state index contributed by atoms with van der Waals surface area (Å²) in [7, 11) is 1.61. The molecule has 0 spiro atoms. The van der Waals surface area contributed by atoms with Crippen molar-refractivity contribution >= 4 is 29.0 Å². The zero-order valence-electron chi connectivity index (χ0n) is 17.5. The summed E-state index contributed by atoms with van der Waals surface area (Å²) in [4.78, 5) is 42.0. The number of carbonyl (C=O) groups excluding carboxylic acids is 3. The lowest BCUT2D eigenvalue weighted by molar-refractivity contribution is -0.143. The third-order valence-corrected chi connectivity index (χ3v) is 6.49. The highest BCUT2D eigenvalue weighted by Crippen LogP contribution is 2.42. The molecule has 154 valence electrons. The number of imide groups is 1. The molecule has 6 nitrogen and oxygen atoms in total. The fraction of sp³-hybridized carbons (Fsp3) is 0.522. The lowest BCUT2D eigenvalue weighted by Gasteiger charge is -2.42. The molecule has 1 aliphatic carbocycles. The van der Waals surface area contributed by atoms with Gasteiger partial charge in [0.15, 0.2) is 0 Å². The fourth-order valence-electron chi connectivity index (χ4n) is 5.18. The van der Waals surface area contributed by atoms with Crippen molar-refractivity contribution in [3.8, 4) is 5.75 Å². The summed E-state index contributed by atoms with van der Waals surface area (Å²) in [5.74, 6) is -0.355. The second kappa shape index (κ2) is 7.01. The molecule has 3 amide bonds. The SMILES string of the molecule is COc1ccc2c(c1)C(C)=CC(C)(C)N2C(=O)CN1C(=O)[C@H]2CCCC[C@@H]2C1=O. The number of benzene rings is 1. The highest BCUT2D eigenvalue weighted by molar-refractivity contribution is 6.10. The lowest BCUT2D eigenvalue weighted by atomic mass is 9.81. The van der Waals surface area contributed by atoms with Crippen LogP contribution in [-0.4, -0.2) is 41.8 Å². The number of likely N-dealkylation sites (tertiary alicyclic amines) is 1. The molecule has 0 radical (unpaired) electrons.